The molecule has 0 saturated heterocycles. The third kappa shape index (κ3) is 8.65. The molecule has 0 aromatic heterocycles. The van der Waals surface area contributed by atoms with Gasteiger partial charge in [0.1, 0.15) is 0 Å². The van der Waals surface area contributed by atoms with Gasteiger partial charge in [0.25, 0.3) is 5.91 Å². The molecule has 0 fully saturated rings. The molecule has 0 aliphatic rings. The molecule has 182 valence electrons. The first-order chi connectivity index (χ1) is 16.2. The van der Waals surface area contributed by atoms with Crippen LogP contribution in [0, 0.1) is 10.5 Å². The summed E-state index contributed by atoms with van der Waals surface area (Å²) in [5, 5.41) is 9.20. The molecule has 0 unspecified atom stereocenters. The van der Waals surface area contributed by atoms with Crippen molar-refractivity contribution in [3.8, 4) is 11.5 Å². The third-order valence-corrected chi connectivity index (χ3v) is 5.39. The maximum Gasteiger partial charge on any atom is 0.329 e. The molecule has 0 aliphatic carbocycles. The van der Waals surface area contributed by atoms with Gasteiger partial charge in [-0.3, -0.25) is 14.4 Å². The second-order valence-electron chi connectivity index (χ2n) is 7.45. The summed E-state index contributed by atoms with van der Waals surface area (Å²) in [4.78, 5) is 35.9. The van der Waals surface area contributed by atoms with Gasteiger partial charge in [-0.15, -0.1) is 0 Å². The molecule has 3 N–H and O–H groups in total. The fourth-order valence-electron chi connectivity index (χ4n) is 2.64. The van der Waals surface area contributed by atoms with E-state index < -0.39 is 11.8 Å². The van der Waals surface area contributed by atoms with Crippen LogP contribution < -0.4 is 25.5 Å². The van der Waals surface area contributed by atoms with E-state index in [1.54, 1.807) is 19.1 Å². The Hall–Kier alpha value is -3.15. The lowest BCUT2D eigenvalue weighted by Crippen LogP contribution is -2.41. The lowest BCUT2D eigenvalue weighted by atomic mass is 10.2. The van der Waals surface area contributed by atoms with E-state index in [4.69, 9.17) is 9.47 Å². The first-order valence-electron chi connectivity index (χ1n) is 10.8. The first-order valence-corrected chi connectivity index (χ1v) is 11.9. The van der Waals surface area contributed by atoms with Crippen LogP contribution in [0.5, 0.6) is 11.5 Å². The number of hydrazone groups is 1. The van der Waals surface area contributed by atoms with Crippen LogP contribution in [0.4, 0.5) is 5.69 Å². The second-order valence-corrected chi connectivity index (χ2v) is 8.61. The predicted molar refractivity (Wildman–Crippen MR) is 139 cm³/mol. The van der Waals surface area contributed by atoms with Crippen LogP contribution in [0.15, 0.2) is 41.5 Å². The molecule has 10 heteroatoms. The van der Waals surface area contributed by atoms with Gasteiger partial charge in [-0.05, 0) is 79.6 Å². The minimum Gasteiger partial charge on any atom is -0.490 e. The zero-order valence-electron chi connectivity index (χ0n) is 19.6. The molecule has 2 aromatic rings. The highest BCUT2D eigenvalue weighted by Gasteiger charge is 2.16. The molecule has 0 bridgehead atoms. The van der Waals surface area contributed by atoms with Gasteiger partial charge >= 0.3 is 11.8 Å². The van der Waals surface area contributed by atoms with Crippen molar-refractivity contribution < 1.29 is 23.9 Å². The highest BCUT2D eigenvalue weighted by molar-refractivity contribution is 14.1. The van der Waals surface area contributed by atoms with Gasteiger partial charge in [0.2, 0.25) is 0 Å². The Morgan fingerprint density at radius 2 is 1.79 bits per heavy atom. The van der Waals surface area contributed by atoms with E-state index in [1.807, 2.05) is 45.0 Å². The first kappa shape index (κ1) is 27.1. The molecule has 0 saturated carbocycles. The molecule has 0 radical (unpaired) electrons. The van der Waals surface area contributed by atoms with Crippen molar-refractivity contribution >= 4 is 52.2 Å². The zero-order valence-corrected chi connectivity index (χ0v) is 21.8. The number of rotatable bonds is 10. The number of hydrogen-bond acceptors (Lipinski definition) is 6. The van der Waals surface area contributed by atoms with Crippen molar-refractivity contribution in [3.63, 3.8) is 0 Å². The largest absolute Gasteiger partial charge is 0.490 e. The minimum atomic E-state index is -0.851. The topological polar surface area (TPSA) is 118 Å². The van der Waals surface area contributed by atoms with Gasteiger partial charge in [0, 0.05) is 11.7 Å². The Morgan fingerprint density at radius 1 is 1.09 bits per heavy atom. The lowest BCUT2D eigenvalue weighted by Gasteiger charge is -2.14. The summed E-state index contributed by atoms with van der Waals surface area (Å²) in [5.74, 6) is -1.04. The maximum atomic E-state index is 12.3. The van der Waals surface area contributed by atoms with Crippen LogP contribution in [0.2, 0.25) is 0 Å². The number of aryl methyl sites for hydroxylation is 1. The number of carbonyl (C=O) groups is 3. The average molecular weight is 580 g/mol. The van der Waals surface area contributed by atoms with Crippen molar-refractivity contribution in [2.75, 3.05) is 18.5 Å². The Kier molecular flexibility index (Phi) is 10.8. The Bertz CT molecular complexity index is 1040. The van der Waals surface area contributed by atoms with Gasteiger partial charge in [0.15, 0.2) is 18.1 Å². The van der Waals surface area contributed by atoms with Crippen molar-refractivity contribution in [2.24, 2.45) is 5.10 Å². The highest BCUT2D eigenvalue weighted by Crippen LogP contribution is 2.34. The van der Waals surface area contributed by atoms with Crippen LogP contribution >= 0.6 is 22.6 Å². The quantitative estimate of drug-likeness (QED) is 0.173. The van der Waals surface area contributed by atoms with Crippen LogP contribution in [0.1, 0.15) is 38.3 Å². The molecule has 3 amide bonds. The zero-order chi connectivity index (χ0) is 25.1. The molecular formula is C24H29IN4O5. The van der Waals surface area contributed by atoms with Gasteiger partial charge < -0.3 is 20.1 Å². The number of halogens is 1. The predicted octanol–water partition coefficient (Wildman–Crippen LogP) is 3.38. The molecule has 0 aliphatic heterocycles. The van der Waals surface area contributed by atoms with Gasteiger partial charge in [0.05, 0.1) is 16.4 Å². The number of ether oxygens (including phenoxy) is 2. The van der Waals surface area contributed by atoms with Gasteiger partial charge in [-0.2, -0.15) is 5.10 Å². The minimum absolute atomic E-state index is 0.107. The number of anilines is 1. The Labute approximate surface area is 212 Å². The number of nitrogens with zero attached hydrogens (tertiary/aromatic N) is 1. The molecule has 2 rings (SSSR count). The molecule has 1 atom stereocenters. The monoisotopic (exact) mass is 580 g/mol. The smallest absolute Gasteiger partial charge is 0.329 e. The van der Waals surface area contributed by atoms with Crippen LogP contribution in [0.25, 0.3) is 0 Å². The normalized spacial score (nSPS) is 11.6. The summed E-state index contributed by atoms with van der Waals surface area (Å²) in [6, 6.07) is 10.8. The van der Waals surface area contributed by atoms with Gasteiger partial charge in [-0.25, -0.2) is 5.43 Å². The Balaban J connectivity index is 2.03. The van der Waals surface area contributed by atoms with E-state index in [0.29, 0.717) is 39.3 Å². The second kappa shape index (κ2) is 13.5. The van der Waals surface area contributed by atoms with E-state index in [0.717, 1.165) is 5.56 Å². The average Bonchev–Trinajstić information content (AvgIpc) is 2.80. The number of carbonyl (C=O) groups excluding carboxylic acids is 3. The third-order valence-electron chi connectivity index (χ3n) is 4.59. The molecule has 0 spiro atoms. The molecular weight excluding hydrogens is 551 g/mol. The van der Waals surface area contributed by atoms with Crippen molar-refractivity contribution in [1.82, 2.24) is 10.7 Å². The summed E-state index contributed by atoms with van der Waals surface area (Å²) in [7, 11) is 0. The summed E-state index contributed by atoms with van der Waals surface area (Å²) < 4.78 is 12.1. The molecule has 0 heterocycles. The summed E-state index contributed by atoms with van der Waals surface area (Å²) in [6.07, 6.45) is 2.11. The fourth-order valence-corrected chi connectivity index (χ4v) is 3.43. The lowest BCUT2D eigenvalue weighted by molar-refractivity contribution is -0.139. The van der Waals surface area contributed by atoms with Crippen molar-refractivity contribution in [2.45, 2.75) is 40.2 Å². The summed E-state index contributed by atoms with van der Waals surface area (Å²) >= 11 is 2.07. The maximum absolute atomic E-state index is 12.3. The van der Waals surface area contributed by atoms with Gasteiger partial charge in [-0.1, -0.05) is 24.6 Å². The van der Waals surface area contributed by atoms with Crippen LogP contribution in [-0.4, -0.2) is 43.2 Å². The molecule has 2 aromatic carbocycles. The number of nitrogens with one attached hydrogen (secondary N) is 3. The van der Waals surface area contributed by atoms with Crippen molar-refractivity contribution in [1.29, 1.82) is 0 Å². The van der Waals surface area contributed by atoms with E-state index >= 15 is 0 Å². The molecule has 34 heavy (non-hydrogen) atoms. The highest BCUT2D eigenvalue weighted by atomic mass is 127. The van der Waals surface area contributed by atoms with Crippen LogP contribution in [-0.2, 0) is 14.4 Å². The summed E-state index contributed by atoms with van der Waals surface area (Å²) in [5.41, 5.74) is 4.61. The fraction of sp³-hybridized carbons (Fsp3) is 0.333. The number of benzene rings is 2. The van der Waals surface area contributed by atoms with E-state index in [-0.39, 0.29) is 18.6 Å². The Morgan fingerprint density at radius 3 is 2.44 bits per heavy atom. The van der Waals surface area contributed by atoms with Crippen LogP contribution in [0.3, 0.4) is 0 Å². The SMILES string of the molecule is CCOc1cc(/C=N\NC(=O)C(=O)N[C@H](C)CC)cc(I)c1OCC(=O)Nc1ccc(C)cc1. The number of amides is 3. The van der Waals surface area contributed by atoms with E-state index in [9.17, 15) is 14.4 Å². The van der Waals surface area contributed by atoms with Crippen molar-refractivity contribution in [3.05, 3.63) is 51.1 Å². The number of hydrogen-bond donors (Lipinski definition) is 3. The standard InChI is InChI=1S/C24H29IN4O5/c1-5-16(4)27-23(31)24(32)29-26-13-17-11-19(25)22(20(12-17)33-6-2)34-14-21(30)28-18-9-7-15(3)8-10-18/h7-13,16H,5-6,14H2,1-4H3,(H,27,31)(H,28,30)(H,29,32)/b26-13-/t16-/m1/s1. The molecule has 9 nitrogen and oxygen atoms in total. The van der Waals surface area contributed by atoms with E-state index in [2.05, 4.69) is 43.8 Å². The van der Waals surface area contributed by atoms with E-state index in [1.165, 1.54) is 6.21 Å². The summed E-state index contributed by atoms with van der Waals surface area (Å²) in [6.45, 7) is 7.70.